The second-order valence-electron chi connectivity index (χ2n) is 4.00. The number of rotatable bonds is 4. The fourth-order valence-electron chi connectivity index (χ4n) is 1.39. The molecule has 3 N–H and O–H groups in total. The summed E-state index contributed by atoms with van der Waals surface area (Å²) in [5, 5.41) is 8.28. The van der Waals surface area contributed by atoms with Gasteiger partial charge in [-0.1, -0.05) is 0 Å². The molecule has 7 heteroatoms. The van der Waals surface area contributed by atoms with Crippen LogP contribution < -0.4 is 16.0 Å². The molecule has 0 spiro atoms. The first-order valence-corrected chi connectivity index (χ1v) is 5.49. The molecule has 0 aromatic rings. The second-order valence-corrected chi connectivity index (χ2v) is 4.00. The van der Waals surface area contributed by atoms with E-state index in [1.807, 2.05) is 13.8 Å². The molecule has 1 saturated heterocycles. The predicted octanol–water partition coefficient (Wildman–Crippen LogP) is -0.963. The van der Waals surface area contributed by atoms with E-state index in [9.17, 15) is 9.59 Å². The lowest BCUT2D eigenvalue weighted by molar-refractivity contribution is -0.136. The Morgan fingerprint density at radius 1 is 1.47 bits per heavy atom. The molecule has 2 amide bonds. The lowest BCUT2D eigenvalue weighted by Gasteiger charge is -2.22. The summed E-state index contributed by atoms with van der Waals surface area (Å²) in [5.41, 5.74) is 0. The van der Waals surface area contributed by atoms with Gasteiger partial charge in [0, 0.05) is 19.1 Å². The largest absolute Gasteiger partial charge is 0.366 e. The summed E-state index contributed by atoms with van der Waals surface area (Å²) < 4.78 is 5.25. The number of hydrogen-bond acceptors (Lipinski definition) is 4. The van der Waals surface area contributed by atoms with E-state index in [2.05, 4.69) is 16.0 Å². The molecule has 1 aliphatic heterocycles. The summed E-state index contributed by atoms with van der Waals surface area (Å²) in [6.07, 6.45) is -0.486. The Morgan fingerprint density at radius 2 is 2.18 bits per heavy atom. The van der Waals surface area contributed by atoms with Gasteiger partial charge in [-0.15, -0.1) is 12.4 Å². The molecule has 0 saturated carbocycles. The maximum atomic E-state index is 11.5. The lowest BCUT2D eigenvalue weighted by Crippen LogP contribution is -2.50. The van der Waals surface area contributed by atoms with Gasteiger partial charge in [-0.3, -0.25) is 9.59 Å². The van der Waals surface area contributed by atoms with E-state index >= 15 is 0 Å². The van der Waals surface area contributed by atoms with Crippen molar-refractivity contribution in [2.75, 3.05) is 26.2 Å². The first kappa shape index (κ1) is 16.1. The molecule has 17 heavy (non-hydrogen) atoms. The van der Waals surface area contributed by atoms with E-state index in [-0.39, 0.29) is 36.8 Å². The first-order chi connectivity index (χ1) is 7.59. The maximum absolute atomic E-state index is 11.5. The summed E-state index contributed by atoms with van der Waals surface area (Å²) in [6.45, 7) is 5.52. The molecule has 6 nitrogen and oxygen atoms in total. The van der Waals surface area contributed by atoms with Gasteiger partial charge < -0.3 is 20.7 Å². The van der Waals surface area contributed by atoms with Crippen molar-refractivity contribution in [2.24, 2.45) is 0 Å². The molecule has 1 heterocycles. The molecule has 0 aliphatic carbocycles. The van der Waals surface area contributed by atoms with Crippen LogP contribution in [0.15, 0.2) is 0 Å². The number of carbonyl (C=O) groups excluding carboxylic acids is 2. The highest BCUT2D eigenvalue weighted by Crippen LogP contribution is 1.95. The molecular formula is C10H20ClN3O3. The van der Waals surface area contributed by atoms with Crippen LogP contribution in [-0.2, 0) is 14.3 Å². The van der Waals surface area contributed by atoms with E-state index in [4.69, 9.17) is 4.74 Å². The van der Waals surface area contributed by atoms with Gasteiger partial charge in [-0.05, 0) is 13.8 Å². The van der Waals surface area contributed by atoms with Crippen molar-refractivity contribution in [1.82, 2.24) is 16.0 Å². The highest BCUT2D eigenvalue weighted by atomic mass is 35.5. The summed E-state index contributed by atoms with van der Waals surface area (Å²) in [6, 6.07) is 0.0806. The minimum absolute atomic E-state index is 0. The minimum Gasteiger partial charge on any atom is -0.366 e. The monoisotopic (exact) mass is 265 g/mol. The fraction of sp³-hybridized carbons (Fsp3) is 0.800. The van der Waals surface area contributed by atoms with Crippen LogP contribution >= 0.6 is 12.4 Å². The number of ether oxygens (including phenoxy) is 1. The van der Waals surface area contributed by atoms with Crippen LogP contribution in [0.2, 0.25) is 0 Å². The molecule has 0 bridgehead atoms. The van der Waals surface area contributed by atoms with E-state index in [0.717, 1.165) is 6.54 Å². The molecule has 0 aromatic carbocycles. The summed E-state index contributed by atoms with van der Waals surface area (Å²) in [4.78, 5) is 22.8. The average Bonchev–Trinajstić information content (AvgIpc) is 2.26. The van der Waals surface area contributed by atoms with Crippen molar-refractivity contribution in [3.63, 3.8) is 0 Å². The molecule has 100 valence electrons. The van der Waals surface area contributed by atoms with Crippen LogP contribution in [0, 0.1) is 0 Å². The number of carbonyl (C=O) groups is 2. The second kappa shape index (κ2) is 8.27. The van der Waals surface area contributed by atoms with E-state index in [1.165, 1.54) is 0 Å². The highest BCUT2D eigenvalue weighted by Gasteiger charge is 2.21. The molecular weight excluding hydrogens is 246 g/mol. The van der Waals surface area contributed by atoms with Crippen molar-refractivity contribution in [2.45, 2.75) is 26.0 Å². The third-order valence-corrected chi connectivity index (χ3v) is 2.09. The average molecular weight is 266 g/mol. The summed E-state index contributed by atoms with van der Waals surface area (Å²) >= 11 is 0. The molecule has 0 aromatic heterocycles. The first-order valence-electron chi connectivity index (χ1n) is 5.49. The molecule has 1 rings (SSSR count). The Morgan fingerprint density at radius 3 is 2.71 bits per heavy atom. The van der Waals surface area contributed by atoms with Gasteiger partial charge in [0.05, 0.1) is 13.2 Å². The smallest absolute Gasteiger partial charge is 0.250 e. The van der Waals surface area contributed by atoms with Crippen LogP contribution in [0.25, 0.3) is 0 Å². The maximum Gasteiger partial charge on any atom is 0.250 e. The third kappa shape index (κ3) is 6.45. The molecule has 1 aliphatic rings. The van der Waals surface area contributed by atoms with Crippen LogP contribution in [0.4, 0.5) is 0 Å². The zero-order chi connectivity index (χ0) is 12.0. The lowest BCUT2D eigenvalue weighted by atomic mass is 10.3. The van der Waals surface area contributed by atoms with Gasteiger partial charge >= 0.3 is 0 Å². The minimum atomic E-state index is -0.486. The quantitative estimate of drug-likeness (QED) is 0.612. The normalized spacial score (nSPS) is 19.4. The molecule has 1 unspecified atom stereocenters. The number of amides is 2. The van der Waals surface area contributed by atoms with Gasteiger partial charge in [-0.25, -0.2) is 0 Å². The van der Waals surface area contributed by atoms with Crippen molar-refractivity contribution in [1.29, 1.82) is 0 Å². The molecule has 0 radical (unpaired) electrons. The fourth-order valence-corrected chi connectivity index (χ4v) is 1.39. The Kier molecular flexibility index (Phi) is 7.86. The van der Waals surface area contributed by atoms with E-state index in [1.54, 1.807) is 0 Å². The zero-order valence-corrected chi connectivity index (χ0v) is 10.9. The van der Waals surface area contributed by atoms with Gasteiger partial charge in [0.15, 0.2) is 0 Å². The highest BCUT2D eigenvalue weighted by molar-refractivity contribution is 5.87. The van der Waals surface area contributed by atoms with E-state index < -0.39 is 6.10 Å². The summed E-state index contributed by atoms with van der Waals surface area (Å²) in [5.74, 6) is -0.432. The van der Waals surface area contributed by atoms with Crippen LogP contribution in [0.3, 0.4) is 0 Å². The SMILES string of the molecule is CC(C)NC(=O)CNC(=O)C1CNCCO1.Cl. The van der Waals surface area contributed by atoms with Gasteiger partial charge in [0.25, 0.3) is 5.91 Å². The van der Waals surface area contributed by atoms with Gasteiger partial charge in [0.1, 0.15) is 6.10 Å². The van der Waals surface area contributed by atoms with Crippen molar-refractivity contribution in [3.8, 4) is 0 Å². The van der Waals surface area contributed by atoms with Crippen LogP contribution in [-0.4, -0.2) is 50.2 Å². The number of morpholine rings is 1. The van der Waals surface area contributed by atoms with Crippen molar-refractivity contribution in [3.05, 3.63) is 0 Å². The number of hydrogen-bond donors (Lipinski definition) is 3. The summed E-state index contributed by atoms with van der Waals surface area (Å²) in [7, 11) is 0. The van der Waals surface area contributed by atoms with Gasteiger partial charge in [-0.2, -0.15) is 0 Å². The molecule has 1 atom stereocenters. The Hall–Kier alpha value is -0.850. The standard InChI is InChI=1S/C10H19N3O3.ClH/c1-7(2)13-9(14)6-12-10(15)8-5-11-3-4-16-8;/h7-8,11H,3-6H2,1-2H3,(H,12,15)(H,13,14);1H. The van der Waals surface area contributed by atoms with Crippen LogP contribution in [0.1, 0.15) is 13.8 Å². The van der Waals surface area contributed by atoms with Crippen molar-refractivity contribution < 1.29 is 14.3 Å². The van der Waals surface area contributed by atoms with Gasteiger partial charge in [0.2, 0.25) is 5.91 Å². The Labute approximate surface area is 107 Å². The zero-order valence-electron chi connectivity index (χ0n) is 10.1. The third-order valence-electron chi connectivity index (χ3n) is 2.09. The molecule has 1 fully saturated rings. The van der Waals surface area contributed by atoms with E-state index in [0.29, 0.717) is 13.2 Å². The van der Waals surface area contributed by atoms with Crippen molar-refractivity contribution >= 4 is 24.2 Å². The predicted molar refractivity (Wildman–Crippen MR) is 66.1 cm³/mol. The Bertz CT molecular complexity index is 255. The van der Waals surface area contributed by atoms with Crippen LogP contribution in [0.5, 0.6) is 0 Å². The number of halogens is 1. The topological polar surface area (TPSA) is 79.5 Å². The Balaban J connectivity index is 0.00000256. The number of nitrogens with one attached hydrogen (secondary N) is 3.